The van der Waals surface area contributed by atoms with Gasteiger partial charge in [-0.1, -0.05) is 240 Å². The monoisotopic (exact) mass is 807 g/mol. The molecule has 1 atom stereocenters. The van der Waals surface area contributed by atoms with E-state index in [2.05, 4.69) is 34.6 Å². The van der Waals surface area contributed by atoms with Crippen LogP contribution in [0.5, 0.6) is 0 Å². The van der Waals surface area contributed by atoms with E-state index in [1.54, 1.807) is 0 Å². The summed E-state index contributed by atoms with van der Waals surface area (Å²) in [6.45, 7) is 11.3. The van der Waals surface area contributed by atoms with Crippen molar-refractivity contribution in [2.75, 3.05) is 13.2 Å². The average Bonchev–Trinajstić information content (AvgIpc) is 3.18. The Morgan fingerprint density at radius 3 is 0.860 bits per heavy atom. The first kappa shape index (κ1) is 55.4. The highest BCUT2D eigenvalue weighted by molar-refractivity contribution is 5.71. The van der Waals surface area contributed by atoms with Crippen molar-refractivity contribution in [2.24, 2.45) is 11.8 Å². The average molecular weight is 807 g/mol. The molecular formula is C51H98O6. The Morgan fingerprint density at radius 1 is 0.333 bits per heavy atom. The van der Waals surface area contributed by atoms with Gasteiger partial charge in [-0.15, -0.1) is 0 Å². The highest BCUT2D eigenvalue weighted by atomic mass is 16.6. The summed E-state index contributed by atoms with van der Waals surface area (Å²) in [5, 5.41) is 0. The molecule has 6 nitrogen and oxygen atoms in total. The van der Waals surface area contributed by atoms with Crippen molar-refractivity contribution in [3.05, 3.63) is 0 Å². The molecule has 0 aliphatic rings. The van der Waals surface area contributed by atoms with E-state index in [-0.39, 0.29) is 31.1 Å². The second kappa shape index (κ2) is 44.0. The smallest absolute Gasteiger partial charge is 0.306 e. The third-order valence-electron chi connectivity index (χ3n) is 11.5. The molecule has 0 aliphatic carbocycles. The van der Waals surface area contributed by atoms with E-state index in [0.717, 1.165) is 76.0 Å². The SMILES string of the molecule is CCCCCCCC(=O)O[C@@H](COC(=O)CCCCCCCCCCCCCCCCCCCCC(C)C)COC(=O)CCCCCCCCCCCCC(C)C. The van der Waals surface area contributed by atoms with Gasteiger partial charge >= 0.3 is 17.9 Å². The van der Waals surface area contributed by atoms with Gasteiger partial charge in [0.15, 0.2) is 6.10 Å². The molecule has 0 aliphatic heterocycles. The molecule has 0 spiro atoms. The minimum Gasteiger partial charge on any atom is -0.462 e. The molecule has 0 radical (unpaired) electrons. The molecule has 0 saturated carbocycles. The maximum atomic E-state index is 12.6. The second-order valence-electron chi connectivity index (χ2n) is 18.4. The molecule has 0 amide bonds. The van der Waals surface area contributed by atoms with E-state index < -0.39 is 6.10 Å². The Kier molecular flexibility index (Phi) is 42.7. The predicted molar refractivity (Wildman–Crippen MR) is 243 cm³/mol. The largest absolute Gasteiger partial charge is 0.462 e. The van der Waals surface area contributed by atoms with Crippen LogP contribution >= 0.6 is 0 Å². The summed E-state index contributed by atoms with van der Waals surface area (Å²) in [6.07, 6.45) is 44.2. The zero-order chi connectivity index (χ0) is 41.9. The van der Waals surface area contributed by atoms with Crippen LogP contribution in [0, 0.1) is 11.8 Å². The summed E-state index contributed by atoms with van der Waals surface area (Å²) in [4.78, 5) is 37.6. The maximum absolute atomic E-state index is 12.6. The Hall–Kier alpha value is -1.59. The van der Waals surface area contributed by atoms with Crippen LogP contribution < -0.4 is 0 Å². The fraction of sp³-hybridized carbons (Fsp3) is 0.941. The third-order valence-corrected chi connectivity index (χ3v) is 11.5. The molecule has 0 aromatic carbocycles. The fourth-order valence-electron chi connectivity index (χ4n) is 7.64. The van der Waals surface area contributed by atoms with Crippen molar-refractivity contribution in [3.63, 3.8) is 0 Å². The third kappa shape index (κ3) is 45.3. The normalized spacial score (nSPS) is 12.1. The molecule has 6 heteroatoms. The van der Waals surface area contributed by atoms with Gasteiger partial charge in [0.1, 0.15) is 13.2 Å². The zero-order valence-corrected chi connectivity index (χ0v) is 39.0. The summed E-state index contributed by atoms with van der Waals surface area (Å²) < 4.78 is 16.7. The predicted octanol–water partition coefficient (Wildman–Crippen LogP) is 16.1. The van der Waals surface area contributed by atoms with Crippen molar-refractivity contribution in [3.8, 4) is 0 Å². The van der Waals surface area contributed by atoms with Crippen LogP contribution in [-0.2, 0) is 28.6 Å². The summed E-state index contributed by atoms with van der Waals surface area (Å²) in [7, 11) is 0. The van der Waals surface area contributed by atoms with Crippen LogP contribution in [0.15, 0.2) is 0 Å². The Labute approximate surface area is 355 Å². The summed E-state index contributed by atoms with van der Waals surface area (Å²) in [6, 6.07) is 0. The lowest BCUT2D eigenvalue weighted by Crippen LogP contribution is -2.30. The van der Waals surface area contributed by atoms with Gasteiger partial charge in [-0.05, 0) is 31.1 Å². The quantitative estimate of drug-likeness (QED) is 0.0346. The number of rotatable bonds is 45. The van der Waals surface area contributed by atoms with Crippen LogP contribution in [0.3, 0.4) is 0 Å². The lowest BCUT2D eigenvalue weighted by Gasteiger charge is -2.18. The number of carbonyl (C=O) groups excluding carboxylic acids is 3. The topological polar surface area (TPSA) is 78.9 Å². The first-order chi connectivity index (χ1) is 27.7. The minimum atomic E-state index is -0.759. The number of hydrogen-bond acceptors (Lipinski definition) is 6. The van der Waals surface area contributed by atoms with E-state index in [1.807, 2.05) is 0 Å². The number of carbonyl (C=O) groups is 3. The van der Waals surface area contributed by atoms with Gasteiger partial charge in [0.05, 0.1) is 0 Å². The molecule has 0 aromatic heterocycles. The van der Waals surface area contributed by atoms with Crippen LogP contribution in [0.1, 0.15) is 279 Å². The van der Waals surface area contributed by atoms with Crippen LogP contribution in [0.2, 0.25) is 0 Å². The lowest BCUT2D eigenvalue weighted by atomic mass is 10.0. The number of ether oxygens (including phenoxy) is 3. The first-order valence-electron chi connectivity index (χ1n) is 25.2. The molecular weight excluding hydrogens is 709 g/mol. The van der Waals surface area contributed by atoms with E-state index >= 15 is 0 Å². The van der Waals surface area contributed by atoms with Crippen molar-refractivity contribution in [2.45, 2.75) is 285 Å². The number of esters is 3. The summed E-state index contributed by atoms with van der Waals surface area (Å²) >= 11 is 0. The first-order valence-corrected chi connectivity index (χ1v) is 25.2. The van der Waals surface area contributed by atoms with Gasteiger partial charge in [0.2, 0.25) is 0 Å². The van der Waals surface area contributed by atoms with Gasteiger partial charge in [-0.3, -0.25) is 14.4 Å². The number of unbranched alkanes of at least 4 members (excludes halogenated alkanes) is 30. The Bertz CT molecular complexity index is 870. The standard InChI is InChI=1S/C51H98O6/c1-6-7-8-29-38-43-51(54)57-48(45-56-50(53)42-37-33-28-24-20-19-22-26-31-35-40-47(4)5)44-55-49(52)41-36-32-27-23-18-16-14-12-10-9-11-13-15-17-21-25-30-34-39-46(2)3/h46-48H,6-45H2,1-5H3/t48-/m0/s1. The van der Waals surface area contributed by atoms with Crippen molar-refractivity contribution in [1.29, 1.82) is 0 Å². The Balaban J connectivity index is 4.02. The lowest BCUT2D eigenvalue weighted by molar-refractivity contribution is -0.167. The fourth-order valence-corrected chi connectivity index (χ4v) is 7.64. The van der Waals surface area contributed by atoms with E-state index in [0.29, 0.717) is 19.3 Å². The summed E-state index contributed by atoms with van der Waals surface area (Å²) in [5.74, 6) is 0.812. The molecule has 0 heterocycles. The maximum Gasteiger partial charge on any atom is 0.306 e. The van der Waals surface area contributed by atoms with E-state index in [4.69, 9.17) is 14.2 Å². The molecule has 0 unspecified atom stereocenters. The minimum absolute atomic E-state index is 0.0654. The van der Waals surface area contributed by atoms with Crippen molar-refractivity contribution >= 4 is 17.9 Å². The van der Waals surface area contributed by atoms with E-state index in [1.165, 1.54) is 161 Å². The molecule has 338 valence electrons. The highest BCUT2D eigenvalue weighted by Crippen LogP contribution is 2.17. The van der Waals surface area contributed by atoms with E-state index in [9.17, 15) is 14.4 Å². The Morgan fingerprint density at radius 2 is 0.579 bits per heavy atom. The second-order valence-corrected chi connectivity index (χ2v) is 18.4. The molecule has 0 N–H and O–H groups in total. The molecule has 0 saturated heterocycles. The molecule has 0 fully saturated rings. The number of hydrogen-bond donors (Lipinski definition) is 0. The van der Waals surface area contributed by atoms with Gasteiger partial charge in [-0.2, -0.15) is 0 Å². The molecule has 0 bridgehead atoms. The zero-order valence-electron chi connectivity index (χ0n) is 39.0. The van der Waals surface area contributed by atoms with Crippen LogP contribution in [-0.4, -0.2) is 37.2 Å². The molecule has 57 heavy (non-hydrogen) atoms. The van der Waals surface area contributed by atoms with Crippen LogP contribution in [0.4, 0.5) is 0 Å². The van der Waals surface area contributed by atoms with Gasteiger partial charge in [0.25, 0.3) is 0 Å². The molecule has 0 aromatic rings. The molecule has 0 rings (SSSR count). The van der Waals surface area contributed by atoms with Gasteiger partial charge in [-0.25, -0.2) is 0 Å². The van der Waals surface area contributed by atoms with Crippen molar-refractivity contribution in [1.82, 2.24) is 0 Å². The highest BCUT2D eigenvalue weighted by Gasteiger charge is 2.19. The summed E-state index contributed by atoms with van der Waals surface area (Å²) in [5.41, 5.74) is 0. The van der Waals surface area contributed by atoms with Gasteiger partial charge < -0.3 is 14.2 Å². The van der Waals surface area contributed by atoms with Crippen LogP contribution in [0.25, 0.3) is 0 Å². The van der Waals surface area contributed by atoms with Gasteiger partial charge in [0, 0.05) is 19.3 Å². The van der Waals surface area contributed by atoms with Crippen molar-refractivity contribution < 1.29 is 28.6 Å².